The lowest BCUT2D eigenvalue weighted by Crippen LogP contribution is -2.02. The third-order valence-electron chi connectivity index (χ3n) is 2.79. The minimum absolute atomic E-state index is 0.122. The van der Waals surface area contributed by atoms with Crippen LogP contribution >= 0.6 is 23.4 Å². The molecule has 0 radical (unpaired) electrons. The van der Waals surface area contributed by atoms with E-state index in [-0.39, 0.29) is 11.6 Å². The van der Waals surface area contributed by atoms with Gasteiger partial charge in [0.25, 0.3) is 0 Å². The van der Waals surface area contributed by atoms with Crippen LogP contribution in [0.5, 0.6) is 0 Å². The van der Waals surface area contributed by atoms with Crippen molar-refractivity contribution in [3.8, 4) is 0 Å². The summed E-state index contributed by atoms with van der Waals surface area (Å²) in [6.45, 7) is 0.715. The van der Waals surface area contributed by atoms with Gasteiger partial charge in [0, 0.05) is 24.2 Å². The van der Waals surface area contributed by atoms with Gasteiger partial charge >= 0.3 is 0 Å². The van der Waals surface area contributed by atoms with E-state index in [0.29, 0.717) is 6.54 Å². The fourth-order valence-corrected chi connectivity index (χ4v) is 2.65. The second kappa shape index (κ2) is 8.22. The molecule has 0 aliphatic rings. The van der Waals surface area contributed by atoms with Gasteiger partial charge in [-0.05, 0) is 35.4 Å². The van der Waals surface area contributed by atoms with Gasteiger partial charge in [-0.2, -0.15) is 11.8 Å². The minimum atomic E-state index is -0.415. The van der Waals surface area contributed by atoms with Crippen molar-refractivity contribution in [1.82, 2.24) is 4.98 Å². The van der Waals surface area contributed by atoms with Crippen LogP contribution in [0.25, 0.3) is 0 Å². The second-order valence-corrected chi connectivity index (χ2v) is 5.94. The lowest BCUT2D eigenvalue weighted by atomic mass is 10.2. The van der Waals surface area contributed by atoms with E-state index >= 15 is 0 Å². The highest BCUT2D eigenvalue weighted by Crippen LogP contribution is 2.18. The zero-order chi connectivity index (χ0) is 15.1. The summed E-state index contributed by atoms with van der Waals surface area (Å²) in [5.74, 6) is 1.90. The Kier molecular flexibility index (Phi) is 6.29. The molecule has 0 spiro atoms. The summed E-state index contributed by atoms with van der Waals surface area (Å²) in [5.41, 5.74) is 2.03. The van der Waals surface area contributed by atoms with Gasteiger partial charge in [0.15, 0.2) is 0 Å². The molecule has 1 aromatic carbocycles. The number of thioether (sulfide) groups is 1. The lowest BCUT2D eigenvalue weighted by Gasteiger charge is -2.08. The van der Waals surface area contributed by atoms with Crippen LogP contribution in [0.3, 0.4) is 0 Å². The molecule has 0 unspecified atom stereocenters. The van der Waals surface area contributed by atoms with E-state index in [4.69, 9.17) is 16.7 Å². The van der Waals surface area contributed by atoms with Crippen molar-refractivity contribution in [3.05, 3.63) is 58.5 Å². The topological polar surface area (TPSA) is 45.2 Å². The number of hydrogen-bond donors (Lipinski definition) is 2. The van der Waals surface area contributed by atoms with Crippen molar-refractivity contribution in [2.75, 3.05) is 17.7 Å². The van der Waals surface area contributed by atoms with Crippen LogP contribution in [-0.4, -0.2) is 22.5 Å². The molecule has 21 heavy (non-hydrogen) atoms. The molecular formula is C15H16ClFN2OS. The minimum Gasteiger partial charge on any atom is -0.396 e. The van der Waals surface area contributed by atoms with Gasteiger partial charge in [0.1, 0.15) is 11.6 Å². The Bertz CT molecular complexity index is 598. The molecule has 2 aromatic rings. The maximum absolute atomic E-state index is 13.1. The van der Waals surface area contributed by atoms with E-state index < -0.39 is 5.82 Å². The van der Waals surface area contributed by atoms with Crippen LogP contribution in [0.2, 0.25) is 5.02 Å². The van der Waals surface area contributed by atoms with Gasteiger partial charge in [-0.3, -0.25) is 0 Å². The number of rotatable bonds is 7. The van der Waals surface area contributed by atoms with Gasteiger partial charge in [-0.25, -0.2) is 9.37 Å². The third-order valence-corrected chi connectivity index (χ3v) is 4.08. The fourth-order valence-electron chi connectivity index (χ4n) is 1.76. The van der Waals surface area contributed by atoms with Crippen LogP contribution in [0.4, 0.5) is 10.2 Å². The molecule has 112 valence electrons. The summed E-state index contributed by atoms with van der Waals surface area (Å²) in [6, 6.07) is 8.56. The molecule has 0 bridgehead atoms. The van der Waals surface area contributed by atoms with E-state index in [1.807, 2.05) is 12.1 Å². The smallest absolute Gasteiger partial charge is 0.141 e. The number of benzene rings is 1. The summed E-state index contributed by atoms with van der Waals surface area (Å²) in [5, 5.41) is 12.1. The summed E-state index contributed by atoms with van der Waals surface area (Å²) >= 11 is 7.42. The molecule has 0 aliphatic carbocycles. The van der Waals surface area contributed by atoms with Gasteiger partial charge in [0.05, 0.1) is 11.6 Å². The SMILES string of the molecule is OCCSCc1ccnc(NCc2ccc(F)c(Cl)c2)c1. The molecule has 2 N–H and O–H groups in total. The number of pyridine rings is 1. The van der Waals surface area contributed by atoms with Gasteiger partial charge in [-0.1, -0.05) is 17.7 Å². The zero-order valence-electron chi connectivity index (χ0n) is 11.4. The highest BCUT2D eigenvalue weighted by molar-refractivity contribution is 7.98. The predicted molar refractivity (Wildman–Crippen MR) is 86.2 cm³/mol. The highest BCUT2D eigenvalue weighted by atomic mass is 35.5. The molecule has 0 saturated carbocycles. The summed E-state index contributed by atoms with van der Waals surface area (Å²) in [7, 11) is 0. The molecular weight excluding hydrogens is 311 g/mol. The molecule has 1 heterocycles. The van der Waals surface area contributed by atoms with Crippen molar-refractivity contribution >= 4 is 29.2 Å². The molecule has 6 heteroatoms. The van der Waals surface area contributed by atoms with Crippen molar-refractivity contribution in [3.63, 3.8) is 0 Å². The zero-order valence-corrected chi connectivity index (χ0v) is 12.9. The summed E-state index contributed by atoms with van der Waals surface area (Å²) in [6.07, 6.45) is 1.74. The Morgan fingerprint density at radius 3 is 2.86 bits per heavy atom. The molecule has 3 nitrogen and oxygen atoms in total. The Morgan fingerprint density at radius 2 is 2.10 bits per heavy atom. The van der Waals surface area contributed by atoms with Crippen LogP contribution in [0.1, 0.15) is 11.1 Å². The molecule has 0 saturated heterocycles. The molecule has 0 fully saturated rings. The lowest BCUT2D eigenvalue weighted by molar-refractivity contribution is 0.322. The van der Waals surface area contributed by atoms with Crippen LogP contribution in [0, 0.1) is 5.82 Å². The monoisotopic (exact) mass is 326 g/mol. The van der Waals surface area contributed by atoms with Gasteiger partial charge < -0.3 is 10.4 Å². The Hall–Kier alpha value is -1.30. The maximum Gasteiger partial charge on any atom is 0.141 e. The maximum atomic E-state index is 13.1. The Labute approximate surface area is 132 Å². The highest BCUT2D eigenvalue weighted by Gasteiger charge is 2.02. The number of nitrogens with one attached hydrogen (secondary N) is 1. The summed E-state index contributed by atoms with van der Waals surface area (Å²) < 4.78 is 13.1. The van der Waals surface area contributed by atoms with Crippen molar-refractivity contribution in [2.45, 2.75) is 12.3 Å². The first-order chi connectivity index (χ1) is 10.2. The van der Waals surface area contributed by atoms with E-state index in [1.54, 1.807) is 30.1 Å². The van der Waals surface area contributed by atoms with E-state index in [1.165, 1.54) is 6.07 Å². The van der Waals surface area contributed by atoms with Gasteiger partial charge in [-0.15, -0.1) is 0 Å². The molecule has 2 rings (SSSR count). The van der Waals surface area contributed by atoms with Crippen molar-refractivity contribution in [1.29, 1.82) is 0 Å². The molecule has 0 aliphatic heterocycles. The Morgan fingerprint density at radius 1 is 1.24 bits per heavy atom. The molecule has 0 amide bonds. The average molecular weight is 327 g/mol. The van der Waals surface area contributed by atoms with E-state index in [0.717, 1.165) is 28.5 Å². The first-order valence-electron chi connectivity index (χ1n) is 6.50. The van der Waals surface area contributed by atoms with Crippen LogP contribution in [-0.2, 0) is 12.3 Å². The number of aromatic nitrogens is 1. The predicted octanol–water partition coefficient (Wildman–Crippen LogP) is 3.71. The standard InChI is InChI=1S/C15H16ClFN2OS/c16-13-7-11(1-2-14(13)17)9-19-15-8-12(3-4-18-15)10-21-6-5-20/h1-4,7-8,20H,5-6,9-10H2,(H,18,19). The fraction of sp³-hybridized carbons (Fsp3) is 0.267. The summed E-state index contributed by atoms with van der Waals surface area (Å²) in [4.78, 5) is 4.25. The number of anilines is 1. The largest absolute Gasteiger partial charge is 0.396 e. The molecule has 1 aromatic heterocycles. The number of aliphatic hydroxyl groups is 1. The third kappa shape index (κ3) is 5.19. The van der Waals surface area contributed by atoms with Crippen molar-refractivity contribution < 1.29 is 9.50 Å². The van der Waals surface area contributed by atoms with E-state index in [9.17, 15) is 4.39 Å². The number of nitrogens with zero attached hydrogens (tertiary/aromatic N) is 1. The van der Waals surface area contributed by atoms with Crippen LogP contribution < -0.4 is 5.32 Å². The number of aliphatic hydroxyl groups excluding tert-OH is 1. The first kappa shape index (κ1) is 16.1. The average Bonchev–Trinajstić information content (AvgIpc) is 2.49. The molecule has 0 atom stereocenters. The first-order valence-corrected chi connectivity index (χ1v) is 8.03. The van der Waals surface area contributed by atoms with E-state index in [2.05, 4.69) is 10.3 Å². The van der Waals surface area contributed by atoms with Crippen molar-refractivity contribution in [2.24, 2.45) is 0 Å². The quantitative estimate of drug-likeness (QED) is 0.761. The normalized spacial score (nSPS) is 10.6. The van der Waals surface area contributed by atoms with Gasteiger partial charge in [0.2, 0.25) is 0 Å². The Balaban J connectivity index is 1.93. The number of hydrogen-bond acceptors (Lipinski definition) is 4. The second-order valence-electron chi connectivity index (χ2n) is 4.43. The number of halogens is 2. The van der Waals surface area contributed by atoms with Crippen LogP contribution in [0.15, 0.2) is 36.5 Å².